The fraction of sp³-hybridized carbons (Fsp3) is 0.0556. The molecule has 132 valence electrons. The maximum Gasteiger partial charge on any atom is 0.254 e. The van der Waals surface area contributed by atoms with Crippen LogP contribution in [0.2, 0.25) is 0 Å². The van der Waals surface area contributed by atoms with Gasteiger partial charge in [-0.1, -0.05) is 30.3 Å². The lowest BCUT2D eigenvalue weighted by molar-refractivity contribution is 0.0996. The monoisotopic (exact) mass is 368 g/mol. The minimum atomic E-state index is -0.666. The lowest BCUT2D eigenvalue weighted by Gasteiger charge is -2.08. The summed E-state index contributed by atoms with van der Waals surface area (Å²) >= 11 is 5.19. The minimum Gasteiger partial charge on any atom is -0.493 e. The van der Waals surface area contributed by atoms with Crippen molar-refractivity contribution in [3.63, 3.8) is 0 Å². The predicted octanol–water partition coefficient (Wildman–Crippen LogP) is 2.34. The Kier molecular flexibility index (Phi) is 5.14. The largest absolute Gasteiger partial charge is 0.493 e. The Labute approximate surface area is 154 Å². The average molecular weight is 368 g/mol. The summed E-state index contributed by atoms with van der Waals surface area (Å²) in [5, 5.41) is 7.94. The van der Waals surface area contributed by atoms with Gasteiger partial charge >= 0.3 is 0 Å². The van der Waals surface area contributed by atoms with Crippen LogP contribution in [0.1, 0.15) is 10.4 Å². The number of nitrogens with one attached hydrogen (secondary N) is 2. The molecule has 0 atom stereocenters. The Bertz CT molecular complexity index is 1030. The number of fused-ring (bicyclic) bond motifs is 1. The van der Waals surface area contributed by atoms with Crippen LogP contribution in [-0.4, -0.2) is 18.1 Å². The van der Waals surface area contributed by atoms with Crippen LogP contribution in [0.3, 0.4) is 0 Å². The number of primary amides is 1. The maximum atomic E-state index is 11.8. The number of rotatable bonds is 4. The number of ether oxygens (including phenoxy) is 1. The van der Waals surface area contributed by atoms with Gasteiger partial charge in [0.15, 0.2) is 16.4 Å². The van der Waals surface area contributed by atoms with Crippen LogP contribution in [-0.2, 0) is 0 Å². The van der Waals surface area contributed by atoms with Crippen LogP contribution in [0.15, 0.2) is 64.1 Å². The van der Waals surface area contributed by atoms with Gasteiger partial charge in [-0.25, -0.2) is 5.43 Å². The molecule has 0 saturated carbocycles. The van der Waals surface area contributed by atoms with Crippen LogP contribution in [0, 0.1) is 0 Å². The molecule has 0 radical (unpaired) electrons. The number of para-hydroxylation sites is 2. The van der Waals surface area contributed by atoms with Crippen molar-refractivity contribution in [1.29, 1.82) is 0 Å². The van der Waals surface area contributed by atoms with Gasteiger partial charge in [-0.3, -0.25) is 4.79 Å². The molecule has 0 aliphatic carbocycles. The first kappa shape index (κ1) is 17.4. The third-order valence-corrected chi connectivity index (χ3v) is 3.71. The maximum absolute atomic E-state index is 11.8. The lowest BCUT2D eigenvalue weighted by Crippen LogP contribution is -2.29. The number of methoxy groups -OCH3 is 1. The van der Waals surface area contributed by atoms with E-state index >= 15 is 0 Å². The quantitative estimate of drug-likeness (QED) is 0.483. The first-order chi connectivity index (χ1) is 12.6. The summed E-state index contributed by atoms with van der Waals surface area (Å²) < 4.78 is 11.0. The van der Waals surface area contributed by atoms with Gasteiger partial charge in [0.2, 0.25) is 5.55 Å². The zero-order chi connectivity index (χ0) is 18.5. The Morgan fingerprint density at radius 1 is 1.19 bits per heavy atom. The minimum absolute atomic E-state index is 0.00621. The van der Waals surface area contributed by atoms with Gasteiger partial charge in [-0.15, -0.1) is 5.10 Å². The lowest BCUT2D eigenvalue weighted by atomic mass is 10.1. The van der Waals surface area contributed by atoms with E-state index in [0.717, 1.165) is 5.69 Å². The highest BCUT2D eigenvalue weighted by Crippen LogP contribution is 2.24. The molecule has 0 aliphatic rings. The zero-order valence-electron chi connectivity index (χ0n) is 13.9. The summed E-state index contributed by atoms with van der Waals surface area (Å²) in [6.45, 7) is 0. The Hall–Kier alpha value is -3.39. The molecule has 1 heterocycles. The molecule has 3 aromatic rings. The predicted molar refractivity (Wildman–Crippen MR) is 103 cm³/mol. The van der Waals surface area contributed by atoms with Gasteiger partial charge in [-0.2, -0.15) is 0 Å². The Balaban J connectivity index is 1.96. The molecule has 2 aromatic carbocycles. The van der Waals surface area contributed by atoms with E-state index in [9.17, 15) is 4.79 Å². The van der Waals surface area contributed by atoms with Gasteiger partial charge in [0.05, 0.1) is 7.11 Å². The number of amides is 1. The number of benzene rings is 2. The van der Waals surface area contributed by atoms with E-state index in [-0.39, 0.29) is 16.2 Å². The molecule has 0 aliphatic heterocycles. The Morgan fingerprint density at radius 2 is 1.96 bits per heavy atom. The molecule has 1 amide bonds. The first-order valence-corrected chi connectivity index (χ1v) is 8.06. The fourth-order valence-corrected chi connectivity index (χ4v) is 2.49. The number of thiocarbonyl (C=S) groups is 1. The van der Waals surface area contributed by atoms with Gasteiger partial charge in [0.25, 0.3) is 5.91 Å². The topological polar surface area (TPSA) is 102 Å². The van der Waals surface area contributed by atoms with Crippen LogP contribution in [0.5, 0.6) is 5.75 Å². The second kappa shape index (κ2) is 7.66. The molecular formula is C18H16N4O3S. The van der Waals surface area contributed by atoms with Crippen molar-refractivity contribution >= 4 is 39.9 Å². The van der Waals surface area contributed by atoms with Crippen molar-refractivity contribution < 1.29 is 13.9 Å². The van der Waals surface area contributed by atoms with Gasteiger partial charge in [0.1, 0.15) is 5.56 Å². The van der Waals surface area contributed by atoms with Crippen molar-refractivity contribution in [2.24, 2.45) is 10.8 Å². The van der Waals surface area contributed by atoms with E-state index in [1.165, 1.54) is 7.11 Å². The molecule has 1 aromatic heterocycles. The van der Waals surface area contributed by atoms with E-state index in [2.05, 4.69) is 15.8 Å². The highest BCUT2D eigenvalue weighted by Gasteiger charge is 2.12. The molecule has 8 heteroatoms. The van der Waals surface area contributed by atoms with E-state index in [0.29, 0.717) is 16.7 Å². The number of hydrogen-bond acceptors (Lipinski definition) is 5. The normalized spacial score (nSPS) is 11.2. The van der Waals surface area contributed by atoms with Gasteiger partial charge < -0.3 is 20.2 Å². The molecule has 0 bridgehead atoms. The summed E-state index contributed by atoms with van der Waals surface area (Å²) in [6.07, 6.45) is 0. The van der Waals surface area contributed by atoms with Crippen molar-refractivity contribution in [2.45, 2.75) is 0 Å². The SMILES string of the molecule is COc1cccc2cc(C(N)=O)/c(=N/NC(=S)Nc3ccccc3)oc12. The van der Waals surface area contributed by atoms with Crippen LogP contribution < -0.4 is 26.8 Å². The number of hydrogen-bond donors (Lipinski definition) is 3. The second-order valence-corrected chi connectivity index (χ2v) is 5.66. The summed E-state index contributed by atoms with van der Waals surface area (Å²) in [4.78, 5) is 11.8. The molecule has 26 heavy (non-hydrogen) atoms. The standard InChI is InChI=1S/C18H16N4O3S/c1-24-14-9-5-6-11-10-13(16(19)23)17(25-15(11)14)21-22-18(26)20-12-7-3-2-4-8-12/h2-10H,1H3,(H2,19,23)(H2,20,22,26)/b21-17-. The Morgan fingerprint density at radius 3 is 2.65 bits per heavy atom. The third-order valence-electron chi connectivity index (χ3n) is 3.51. The van der Waals surface area contributed by atoms with E-state index in [4.69, 9.17) is 27.1 Å². The summed E-state index contributed by atoms with van der Waals surface area (Å²) in [5.41, 5.74) is 9.46. The van der Waals surface area contributed by atoms with Crippen molar-refractivity contribution in [1.82, 2.24) is 5.43 Å². The zero-order valence-corrected chi connectivity index (χ0v) is 14.7. The number of anilines is 1. The molecule has 0 saturated heterocycles. The molecule has 3 rings (SSSR count). The molecule has 0 fully saturated rings. The first-order valence-electron chi connectivity index (χ1n) is 7.65. The molecule has 0 spiro atoms. The van der Waals surface area contributed by atoms with E-state index < -0.39 is 5.91 Å². The van der Waals surface area contributed by atoms with Crippen LogP contribution >= 0.6 is 12.2 Å². The second-order valence-electron chi connectivity index (χ2n) is 5.25. The highest BCUT2D eigenvalue weighted by molar-refractivity contribution is 7.80. The van der Waals surface area contributed by atoms with E-state index in [1.54, 1.807) is 24.3 Å². The number of carbonyl (C=O) groups is 1. The van der Waals surface area contributed by atoms with E-state index in [1.807, 2.05) is 30.3 Å². The number of carbonyl (C=O) groups excluding carboxylic acids is 1. The van der Waals surface area contributed by atoms with Gasteiger partial charge in [0, 0.05) is 11.1 Å². The smallest absolute Gasteiger partial charge is 0.254 e. The van der Waals surface area contributed by atoms with Crippen LogP contribution in [0.25, 0.3) is 11.0 Å². The average Bonchev–Trinajstić information content (AvgIpc) is 2.65. The molecule has 4 N–H and O–H groups in total. The van der Waals surface area contributed by atoms with Crippen molar-refractivity contribution in [2.75, 3.05) is 12.4 Å². The van der Waals surface area contributed by atoms with Crippen molar-refractivity contribution in [3.8, 4) is 5.75 Å². The summed E-state index contributed by atoms with van der Waals surface area (Å²) in [6, 6.07) is 16.3. The molecule has 0 unspecified atom stereocenters. The number of nitrogens with zero attached hydrogens (tertiary/aromatic N) is 1. The fourth-order valence-electron chi connectivity index (χ4n) is 2.33. The summed E-state index contributed by atoms with van der Waals surface area (Å²) in [5.74, 6) is -0.152. The van der Waals surface area contributed by atoms with Crippen molar-refractivity contribution in [3.05, 3.63) is 65.7 Å². The van der Waals surface area contributed by atoms with Crippen LogP contribution in [0.4, 0.5) is 5.69 Å². The highest BCUT2D eigenvalue weighted by atomic mass is 32.1. The molecular weight excluding hydrogens is 352 g/mol. The van der Waals surface area contributed by atoms with Gasteiger partial charge in [-0.05, 0) is 36.5 Å². The summed E-state index contributed by atoms with van der Waals surface area (Å²) in [7, 11) is 1.53. The third kappa shape index (κ3) is 3.81. The molecule has 7 nitrogen and oxygen atoms in total. The number of nitrogens with two attached hydrogens (primary N) is 1.